The van der Waals surface area contributed by atoms with Gasteiger partial charge in [-0.25, -0.2) is 0 Å². The zero-order valence-electron chi connectivity index (χ0n) is 10.0. The number of H-pyrrole nitrogens is 1. The predicted octanol–water partition coefficient (Wildman–Crippen LogP) is 2.71. The molecule has 2 heterocycles. The van der Waals surface area contributed by atoms with Crippen LogP contribution >= 0.6 is 11.6 Å². The van der Waals surface area contributed by atoms with E-state index in [4.69, 9.17) is 16.0 Å². The molecule has 3 rings (SSSR count). The van der Waals surface area contributed by atoms with Crippen molar-refractivity contribution < 1.29 is 14.3 Å². The fourth-order valence-electron chi connectivity index (χ4n) is 1.99. The first kappa shape index (κ1) is 12.5. The van der Waals surface area contributed by atoms with Gasteiger partial charge in [-0.15, -0.1) is 0 Å². The van der Waals surface area contributed by atoms with Crippen LogP contribution in [0.4, 0.5) is 0 Å². The molecular weight excluding hydrogens is 282 g/mol. The first-order valence-electron chi connectivity index (χ1n) is 5.70. The Labute approximate surface area is 117 Å². The first-order chi connectivity index (χ1) is 9.58. The lowest BCUT2D eigenvalue weighted by Gasteiger charge is -2.06. The van der Waals surface area contributed by atoms with E-state index in [0.717, 1.165) is 0 Å². The van der Waals surface area contributed by atoms with Crippen LogP contribution in [-0.2, 0) is 0 Å². The van der Waals surface area contributed by atoms with Gasteiger partial charge in [0, 0.05) is 10.4 Å². The number of pyridine rings is 1. The third-order valence-electron chi connectivity index (χ3n) is 2.92. The van der Waals surface area contributed by atoms with Crippen LogP contribution in [0.2, 0.25) is 5.02 Å². The second-order valence-corrected chi connectivity index (χ2v) is 4.61. The number of furan rings is 1. The molecule has 2 aromatic heterocycles. The molecular formula is C14H8ClNO4. The number of hydrogen-bond donors (Lipinski definition) is 2. The van der Waals surface area contributed by atoms with E-state index in [9.17, 15) is 14.7 Å². The quantitative estimate of drug-likeness (QED) is 0.711. The fourth-order valence-corrected chi connectivity index (χ4v) is 2.16. The summed E-state index contributed by atoms with van der Waals surface area (Å²) < 4.78 is 4.96. The highest BCUT2D eigenvalue weighted by Gasteiger charge is 2.22. The highest BCUT2D eigenvalue weighted by Crippen LogP contribution is 2.28. The SMILES string of the molecule is O=C(c1ccco1)c1c(O)c2cc(Cl)ccc2[nH]c1=O. The van der Waals surface area contributed by atoms with Crippen LogP contribution in [0, 0.1) is 0 Å². The summed E-state index contributed by atoms with van der Waals surface area (Å²) in [5.41, 5.74) is -0.652. The maximum atomic E-state index is 12.2. The molecule has 1 aromatic carbocycles. The van der Waals surface area contributed by atoms with Crippen LogP contribution in [-0.4, -0.2) is 15.9 Å². The number of benzene rings is 1. The Morgan fingerprint density at radius 1 is 1.30 bits per heavy atom. The van der Waals surface area contributed by atoms with Crippen molar-refractivity contribution in [3.63, 3.8) is 0 Å². The van der Waals surface area contributed by atoms with Gasteiger partial charge in [-0.05, 0) is 30.3 Å². The lowest BCUT2D eigenvalue weighted by atomic mass is 10.1. The molecule has 0 atom stereocenters. The molecule has 0 aliphatic carbocycles. The molecule has 0 radical (unpaired) electrons. The van der Waals surface area contributed by atoms with E-state index in [1.54, 1.807) is 12.1 Å². The smallest absolute Gasteiger partial charge is 0.263 e. The summed E-state index contributed by atoms with van der Waals surface area (Å²) in [5.74, 6) is -1.12. The molecule has 0 amide bonds. The Balaban J connectivity index is 2.31. The molecule has 0 saturated heterocycles. The molecule has 100 valence electrons. The number of carbonyl (C=O) groups is 1. The fraction of sp³-hybridized carbons (Fsp3) is 0. The Kier molecular flexibility index (Phi) is 2.84. The number of hydrogen-bond acceptors (Lipinski definition) is 4. The molecule has 0 saturated carbocycles. The predicted molar refractivity (Wildman–Crippen MR) is 73.4 cm³/mol. The van der Waals surface area contributed by atoms with Crippen molar-refractivity contribution in [1.82, 2.24) is 4.98 Å². The summed E-state index contributed by atoms with van der Waals surface area (Å²) >= 11 is 5.86. The van der Waals surface area contributed by atoms with Crippen LogP contribution in [0.1, 0.15) is 16.1 Å². The van der Waals surface area contributed by atoms with Gasteiger partial charge in [-0.3, -0.25) is 9.59 Å². The lowest BCUT2D eigenvalue weighted by Crippen LogP contribution is -2.18. The Hall–Kier alpha value is -2.53. The molecule has 0 fully saturated rings. The van der Waals surface area contributed by atoms with Crippen LogP contribution in [0.15, 0.2) is 45.8 Å². The maximum absolute atomic E-state index is 12.2. The number of aromatic amines is 1. The van der Waals surface area contributed by atoms with Crippen LogP contribution in [0.25, 0.3) is 10.9 Å². The highest BCUT2D eigenvalue weighted by molar-refractivity contribution is 6.31. The molecule has 5 nitrogen and oxygen atoms in total. The largest absolute Gasteiger partial charge is 0.506 e. The van der Waals surface area contributed by atoms with E-state index in [2.05, 4.69) is 4.98 Å². The number of fused-ring (bicyclic) bond motifs is 1. The monoisotopic (exact) mass is 289 g/mol. The summed E-state index contributed by atoms with van der Waals surface area (Å²) in [6, 6.07) is 7.55. The van der Waals surface area contributed by atoms with Crippen molar-refractivity contribution in [2.75, 3.05) is 0 Å². The Morgan fingerprint density at radius 3 is 2.80 bits per heavy atom. The Bertz CT molecular complexity index is 865. The normalized spacial score (nSPS) is 10.8. The zero-order valence-corrected chi connectivity index (χ0v) is 10.8. The summed E-state index contributed by atoms with van der Waals surface area (Å²) in [5, 5.41) is 10.9. The topological polar surface area (TPSA) is 83.3 Å². The Morgan fingerprint density at radius 2 is 2.10 bits per heavy atom. The number of aromatic nitrogens is 1. The van der Waals surface area contributed by atoms with Gasteiger partial charge in [-0.1, -0.05) is 11.6 Å². The molecule has 0 bridgehead atoms. The van der Waals surface area contributed by atoms with Gasteiger partial charge in [0.2, 0.25) is 5.78 Å². The summed E-state index contributed by atoms with van der Waals surface area (Å²) in [4.78, 5) is 26.7. The van der Waals surface area contributed by atoms with E-state index >= 15 is 0 Å². The van der Waals surface area contributed by atoms with Gasteiger partial charge in [0.1, 0.15) is 11.3 Å². The first-order valence-corrected chi connectivity index (χ1v) is 6.08. The van der Waals surface area contributed by atoms with Gasteiger partial charge < -0.3 is 14.5 Å². The van der Waals surface area contributed by atoms with E-state index in [-0.39, 0.29) is 11.3 Å². The molecule has 3 aromatic rings. The molecule has 0 spiro atoms. The van der Waals surface area contributed by atoms with Gasteiger partial charge in [0.15, 0.2) is 5.76 Å². The van der Waals surface area contributed by atoms with Gasteiger partial charge in [-0.2, -0.15) is 0 Å². The molecule has 20 heavy (non-hydrogen) atoms. The summed E-state index contributed by atoms with van der Waals surface area (Å²) in [7, 11) is 0. The second kappa shape index (κ2) is 4.54. The molecule has 0 aliphatic heterocycles. The lowest BCUT2D eigenvalue weighted by molar-refractivity contribution is 0.101. The minimum Gasteiger partial charge on any atom is -0.506 e. The number of aromatic hydroxyl groups is 1. The van der Waals surface area contributed by atoms with Crippen molar-refractivity contribution in [2.24, 2.45) is 0 Å². The van der Waals surface area contributed by atoms with Crippen LogP contribution in [0.5, 0.6) is 5.75 Å². The van der Waals surface area contributed by atoms with Gasteiger partial charge in [0.25, 0.3) is 5.56 Å². The van der Waals surface area contributed by atoms with Gasteiger partial charge in [0.05, 0.1) is 11.8 Å². The number of rotatable bonds is 2. The summed E-state index contributed by atoms with van der Waals surface area (Å²) in [6.07, 6.45) is 1.32. The average molecular weight is 290 g/mol. The zero-order chi connectivity index (χ0) is 14.3. The minimum atomic E-state index is -0.685. The van der Waals surface area contributed by atoms with Crippen LogP contribution < -0.4 is 5.56 Å². The second-order valence-electron chi connectivity index (χ2n) is 4.17. The van der Waals surface area contributed by atoms with Crippen molar-refractivity contribution in [3.8, 4) is 5.75 Å². The average Bonchev–Trinajstić information content (AvgIpc) is 2.93. The van der Waals surface area contributed by atoms with Crippen molar-refractivity contribution in [1.29, 1.82) is 0 Å². The number of nitrogens with one attached hydrogen (secondary N) is 1. The van der Waals surface area contributed by atoms with Crippen molar-refractivity contribution in [3.05, 3.63) is 63.3 Å². The molecule has 6 heteroatoms. The third kappa shape index (κ3) is 1.88. The molecule has 0 unspecified atom stereocenters. The van der Waals surface area contributed by atoms with Crippen molar-refractivity contribution in [2.45, 2.75) is 0 Å². The standard InChI is InChI=1S/C14H8ClNO4/c15-7-3-4-9-8(6-7)12(17)11(14(19)16-9)13(18)10-2-1-5-20-10/h1-6H,(H2,16,17,19). The van der Waals surface area contributed by atoms with Gasteiger partial charge >= 0.3 is 0 Å². The number of halogens is 1. The van der Waals surface area contributed by atoms with Crippen LogP contribution in [0.3, 0.4) is 0 Å². The minimum absolute atomic E-state index is 0.0211. The van der Waals surface area contributed by atoms with E-state index in [1.807, 2.05) is 0 Å². The molecule has 0 aliphatic rings. The van der Waals surface area contributed by atoms with E-state index in [0.29, 0.717) is 15.9 Å². The van der Waals surface area contributed by atoms with E-state index in [1.165, 1.54) is 24.5 Å². The third-order valence-corrected chi connectivity index (χ3v) is 3.16. The molecule has 2 N–H and O–H groups in total. The van der Waals surface area contributed by atoms with Crippen molar-refractivity contribution >= 4 is 28.3 Å². The van der Waals surface area contributed by atoms with E-state index < -0.39 is 17.1 Å². The summed E-state index contributed by atoms with van der Waals surface area (Å²) in [6.45, 7) is 0. The maximum Gasteiger partial charge on any atom is 0.263 e. The number of carbonyl (C=O) groups excluding carboxylic acids is 1. The highest BCUT2D eigenvalue weighted by atomic mass is 35.5. The number of ketones is 1.